The number of nitrogens with zero attached hydrogens (tertiary/aromatic N) is 1. The summed E-state index contributed by atoms with van der Waals surface area (Å²) in [5.41, 5.74) is 0.678. The number of aromatic nitrogens is 2. The number of hydrogen-bond donors (Lipinski definition) is 1. The van der Waals surface area contributed by atoms with E-state index < -0.39 is 12.1 Å². The van der Waals surface area contributed by atoms with E-state index in [2.05, 4.69) is 23.8 Å². The van der Waals surface area contributed by atoms with Crippen LogP contribution < -0.4 is 10.3 Å². The summed E-state index contributed by atoms with van der Waals surface area (Å²) >= 11 is 0. The van der Waals surface area contributed by atoms with Crippen LogP contribution in [-0.4, -0.2) is 22.5 Å². The highest BCUT2D eigenvalue weighted by Gasteiger charge is 2.17. The minimum absolute atomic E-state index is 0.261. The molecule has 140 valence electrons. The predicted octanol–water partition coefficient (Wildman–Crippen LogP) is 3.88. The Morgan fingerprint density at radius 3 is 2.67 bits per heavy atom. The molecule has 2 aromatic carbocycles. The zero-order chi connectivity index (χ0) is 19.4. The maximum atomic E-state index is 12.5. The highest BCUT2D eigenvalue weighted by molar-refractivity contribution is 5.90. The van der Waals surface area contributed by atoms with Crippen molar-refractivity contribution in [3.8, 4) is 5.75 Å². The third kappa shape index (κ3) is 4.53. The Hall–Kier alpha value is -3.15. The van der Waals surface area contributed by atoms with Gasteiger partial charge in [0, 0.05) is 0 Å². The van der Waals surface area contributed by atoms with Gasteiger partial charge in [-0.2, -0.15) is 0 Å². The zero-order valence-electron chi connectivity index (χ0n) is 15.6. The Morgan fingerprint density at radius 2 is 1.89 bits per heavy atom. The van der Waals surface area contributed by atoms with E-state index in [1.165, 1.54) is 0 Å². The van der Waals surface area contributed by atoms with E-state index in [1.54, 1.807) is 55.5 Å². The van der Waals surface area contributed by atoms with Crippen LogP contribution in [0.2, 0.25) is 0 Å². The van der Waals surface area contributed by atoms with Crippen LogP contribution in [0.25, 0.3) is 10.9 Å². The van der Waals surface area contributed by atoms with Crippen molar-refractivity contribution in [2.45, 2.75) is 26.9 Å². The second-order valence-corrected chi connectivity index (χ2v) is 6.75. The second kappa shape index (κ2) is 8.03. The summed E-state index contributed by atoms with van der Waals surface area (Å²) in [5.74, 6) is 0.798. The average molecular weight is 366 g/mol. The highest BCUT2D eigenvalue weighted by Crippen LogP contribution is 2.19. The quantitative estimate of drug-likeness (QED) is 0.670. The van der Waals surface area contributed by atoms with Gasteiger partial charge in [0.1, 0.15) is 5.75 Å². The van der Waals surface area contributed by atoms with Gasteiger partial charge in [-0.05, 0) is 43.2 Å². The van der Waals surface area contributed by atoms with Gasteiger partial charge in [0.2, 0.25) is 0 Å². The minimum atomic E-state index is -0.699. The number of H-pyrrole nitrogens is 1. The normalized spacial score (nSPS) is 12.1. The van der Waals surface area contributed by atoms with Crippen molar-refractivity contribution in [2.75, 3.05) is 6.61 Å². The molecule has 1 N–H and O–H groups in total. The first-order valence-corrected chi connectivity index (χ1v) is 8.87. The number of ether oxygens (including phenoxy) is 2. The first kappa shape index (κ1) is 18.6. The lowest BCUT2D eigenvalue weighted by molar-refractivity contribution is 0.0319. The summed E-state index contributed by atoms with van der Waals surface area (Å²) in [6.07, 6.45) is -0.699. The van der Waals surface area contributed by atoms with Crippen LogP contribution >= 0.6 is 0 Å². The fourth-order valence-corrected chi connectivity index (χ4v) is 2.56. The van der Waals surface area contributed by atoms with Crippen LogP contribution in [0.4, 0.5) is 0 Å². The Morgan fingerprint density at radius 1 is 1.11 bits per heavy atom. The molecular weight excluding hydrogens is 344 g/mol. The topological polar surface area (TPSA) is 81.3 Å². The SMILES string of the molecule is CC(C)COc1cccc(C(=O)O[C@@H](C)c2nc3ccccc3c(=O)[nH]2)c1. The Labute approximate surface area is 157 Å². The summed E-state index contributed by atoms with van der Waals surface area (Å²) in [4.78, 5) is 31.7. The average Bonchev–Trinajstić information content (AvgIpc) is 2.66. The molecule has 0 saturated heterocycles. The first-order chi connectivity index (χ1) is 12.9. The van der Waals surface area contributed by atoms with Crippen molar-refractivity contribution in [2.24, 2.45) is 5.92 Å². The molecule has 0 bridgehead atoms. The van der Waals surface area contributed by atoms with Gasteiger partial charge in [-0.25, -0.2) is 9.78 Å². The van der Waals surface area contributed by atoms with Crippen molar-refractivity contribution in [1.29, 1.82) is 0 Å². The molecule has 0 aliphatic carbocycles. The number of benzene rings is 2. The van der Waals surface area contributed by atoms with Crippen LogP contribution in [0.15, 0.2) is 53.3 Å². The smallest absolute Gasteiger partial charge is 0.338 e. The van der Waals surface area contributed by atoms with E-state index in [9.17, 15) is 9.59 Å². The molecule has 6 nitrogen and oxygen atoms in total. The van der Waals surface area contributed by atoms with Gasteiger partial charge in [-0.15, -0.1) is 0 Å². The molecule has 0 saturated carbocycles. The number of carbonyl (C=O) groups excluding carboxylic acids is 1. The molecule has 3 aromatic rings. The Balaban J connectivity index is 1.76. The maximum absolute atomic E-state index is 12.5. The molecule has 1 atom stereocenters. The van der Waals surface area contributed by atoms with Gasteiger partial charge in [-0.1, -0.05) is 32.0 Å². The third-order valence-electron chi connectivity index (χ3n) is 3.95. The number of nitrogens with one attached hydrogen (secondary N) is 1. The van der Waals surface area contributed by atoms with Gasteiger partial charge in [0.05, 0.1) is 23.1 Å². The molecule has 1 aromatic heterocycles. The monoisotopic (exact) mass is 366 g/mol. The van der Waals surface area contributed by atoms with E-state index in [-0.39, 0.29) is 5.56 Å². The van der Waals surface area contributed by atoms with Gasteiger partial charge in [0.25, 0.3) is 5.56 Å². The zero-order valence-corrected chi connectivity index (χ0v) is 15.6. The lowest BCUT2D eigenvalue weighted by Crippen LogP contribution is -2.17. The highest BCUT2D eigenvalue weighted by atomic mass is 16.5. The molecule has 0 aliphatic rings. The molecule has 0 spiro atoms. The van der Waals surface area contributed by atoms with Crippen LogP contribution in [0, 0.1) is 5.92 Å². The minimum Gasteiger partial charge on any atom is -0.493 e. The second-order valence-electron chi connectivity index (χ2n) is 6.75. The van der Waals surface area contributed by atoms with Gasteiger partial charge >= 0.3 is 5.97 Å². The number of hydrogen-bond acceptors (Lipinski definition) is 5. The molecule has 27 heavy (non-hydrogen) atoms. The number of rotatable bonds is 6. The summed E-state index contributed by atoms with van der Waals surface area (Å²) < 4.78 is 11.1. The van der Waals surface area contributed by atoms with Crippen LogP contribution in [-0.2, 0) is 4.74 Å². The van der Waals surface area contributed by atoms with E-state index in [0.29, 0.717) is 40.6 Å². The maximum Gasteiger partial charge on any atom is 0.338 e. The van der Waals surface area contributed by atoms with Crippen LogP contribution in [0.3, 0.4) is 0 Å². The molecule has 3 rings (SSSR count). The lowest BCUT2D eigenvalue weighted by atomic mass is 10.2. The van der Waals surface area contributed by atoms with E-state index in [0.717, 1.165) is 0 Å². The Kier molecular flexibility index (Phi) is 5.54. The van der Waals surface area contributed by atoms with E-state index in [1.807, 2.05) is 0 Å². The Bertz CT molecular complexity index is 1010. The summed E-state index contributed by atoms with van der Waals surface area (Å²) in [7, 11) is 0. The molecule has 0 unspecified atom stereocenters. The molecule has 0 amide bonds. The number of esters is 1. The van der Waals surface area contributed by atoms with Crippen molar-refractivity contribution >= 4 is 16.9 Å². The van der Waals surface area contributed by atoms with Gasteiger partial charge < -0.3 is 14.5 Å². The molecule has 0 radical (unpaired) electrons. The van der Waals surface area contributed by atoms with Crippen LogP contribution in [0.5, 0.6) is 5.75 Å². The van der Waals surface area contributed by atoms with E-state index >= 15 is 0 Å². The fourth-order valence-electron chi connectivity index (χ4n) is 2.56. The lowest BCUT2D eigenvalue weighted by Gasteiger charge is -2.14. The summed E-state index contributed by atoms with van der Waals surface area (Å²) in [6, 6.07) is 13.9. The molecule has 0 aliphatic heterocycles. The molecule has 1 heterocycles. The van der Waals surface area contributed by atoms with Crippen molar-refractivity contribution < 1.29 is 14.3 Å². The van der Waals surface area contributed by atoms with E-state index in [4.69, 9.17) is 9.47 Å². The number of aromatic amines is 1. The summed E-state index contributed by atoms with van der Waals surface area (Å²) in [6.45, 7) is 6.34. The fraction of sp³-hybridized carbons (Fsp3) is 0.286. The number of para-hydroxylation sites is 1. The van der Waals surface area contributed by atoms with Gasteiger partial charge in [-0.3, -0.25) is 4.79 Å². The molecule has 6 heteroatoms. The predicted molar refractivity (Wildman–Crippen MR) is 103 cm³/mol. The van der Waals surface area contributed by atoms with Crippen molar-refractivity contribution in [3.63, 3.8) is 0 Å². The molecule has 0 fully saturated rings. The first-order valence-electron chi connectivity index (χ1n) is 8.87. The van der Waals surface area contributed by atoms with Gasteiger partial charge in [0.15, 0.2) is 11.9 Å². The largest absolute Gasteiger partial charge is 0.493 e. The van der Waals surface area contributed by atoms with Crippen LogP contribution in [0.1, 0.15) is 43.1 Å². The van der Waals surface area contributed by atoms with Crippen molar-refractivity contribution in [3.05, 3.63) is 70.3 Å². The number of carbonyl (C=O) groups is 1. The summed E-state index contributed by atoms with van der Waals surface area (Å²) in [5, 5.41) is 0.495. The number of fused-ring (bicyclic) bond motifs is 1. The third-order valence-corrected chi connectivity index (χ3v) is 3.95. The molecular formula is C21H22N2O4. The van der Waals surface area contributed by atoms with Crippen molar-refractivity contribution in [1.82, 2.24) is 9.97 Å². The standard InChI is InChI=1S/C21H22N2O4/c1-13(2)12-26-16-8-6-7-15(11-16)21(25)27-14(3)19-22-18-10-5-4-9-17(18)20(24)23-19/h4-11,13-14H,12H2,1-3H3,(H,22,23,24)/t14-/m0/s1.